The molecule has 0 fully saturated rings. The van der Waals surface area contributed by atoms with Crippen LogP contribution >= 0.6 is 0 Å². The van der Waals surface area contributed by atoms with Gasteiger partial charge in [0.15, 0.2) is 34.9 Å². The molecule has 108 heavy (non-hydrogen) atoms. The Kier molecular flexibility index (Phi) is 16.9. The van der Waals surface area contributed by atoms with Crippen LogP contribution in [0.5, 0.6) is 0 Å². The molecule has 0 unspecified atom stereocenters. The smallest absolute Gasteiger partial charge is 0.164 e. The van der Waals surface area contributed by atoms with E-state index >= 15 is 0 Å². The molecule has 0 aliphatic heterocycles. The van der Waals surface area contributed by atoms with Crippen LogP contribution in [-0.2, 0) is 0 Å². The van der Waals surface area contributed by atoms with E-state index in [0.717, 1.165) is 83.1 Å². The molecule has 0 spiro atoms. The van der Waals surface area contributed by atoms with Crippen molar-refractivity contribution < 1.29 is 0 Å². The number of hydrogen-bond acceptors (Lipinski definition) is 6. The van der Waals surface area contributed by atoms with E-state index in [0.29, 0.717) is 34.9 Å². The van der Waals surface area contributed by atoms with E-state index in [1.54, 1.807) is 0 Å². The Hall–Kier alpha value is -14.5. The van der Waals surface area contributed by atoms with E-state index < -0.39 is 0 Å². The first-order chi connectivity index (χ1) is 53.5. The van der Waals surface area contributed by atoms with Gasteiger partial charge in [0, 0.05) is 33.4 Å². The molecular formula is C102H66N6. The van der Waals surface area contributed by atoms with Crippen molar-refractivity contribution in [2.75, 3.05) is 0 Å². The Morgan fingerprint density at radius 2 is 0.343 bits per heavy atom. The first-order valence-corrected chi connectivity index (χ1v) is 36.5. The summed E-state index contributed by atoms with van der Waals surface area (Å²) in [5, 5.41) is 14.4. The summed E-state index contributed by atoms with van der Waals surface area (Å²) >= 11 is 0. The maximum atomic E-state index is 5.26. The Morgan fingerprint density at radius 1 is 0.111 bits per heavy atom. The van der Waals surface area contributed by atoms with Crippen molar-refractivity contribution in [2.45, 2.75) is 0 Å². The molecule has 0 aliphatic carbocycles. The lowest BCUT2D eigenvalue weighted by Gasteiger charge is -2.15. The minimum atomic E-state index is 0.633. The standard InChI is InChI=1S/2C51H33N3/c1-2-14-35(15-3-1)43-20-8-10-22-46(43)49-52-50(54-51(53-49)48-24-12-18-36-16-6-7-19-44(36)48)47-23-11-9-21-45(47)42-30-29-40-32-39(27-28-41(40)33-42)38-26-25-34-13-4-5-17-37(34)31-38;1-2-13-37(14-3-1)49-52-50(38-24-22-36(23-25-38)46-20-10-16-35-12-6-7-17-45(35)46)54-51(53-49)48-19-9-8-18-47(48)44-30-29-42-32-41(27-28-43(42)33-44)40-26-21-34-11-4-5-15-39(34)31-40/h2*1-33H. The average molecular weight is 1380 g/mol. The minimum absolute atomic E-state index is 0.633. The summed E-state index contributed by atoms with van der Waals surface area (Å²) in [6, 6.07) is 141. The molecule has 0 bridgehead atoms. The van der Waals surface area contributed by atoms with Crippen LogP contribution in [0.15, 0.2) is 400 Å². The molecule has 0 aliphatic rings. The van der Waals surface area contributed by atoms with Crippen molar-refractivity contribution in [3.05, 3.63) is 400 Å². The summed E-state index contributed by atoms with van der Waals surface area (Å²) in [7, 11) is 0. The SMILES string of the molecule is c1ccc(-c2ccccc2-c2nc(-c3ccccc3-c3ccc4cc(-c5ccc6ccccc6c5)ccc4c3)nc(-c3cccc4ccccc34)n2)cc1.c1ccc(-c2nc(-c3ccc(-c4cccc5ccccc45)cc3)nc(-c3ccccc3-c3ccc4cc(-c5ccc6ccccc6c5)ccc4c3)n2)cc1. The lowest BCUT2D eigenvalue weighted by Crippen LogP contribution is -2.02. The van der Waals surface area contributed by atoms with Crippen LogP contribution in [0.3, 0.4) is 0 Å². The second-order valence-corrected chi connectivity index (χ2v) is 27.3. The zero-order valence-corrected chi connectivity index (χ0v) is 58.8. The first kappa shape index (κ1) is 64.4. The van der Waals surface area contributed by atoms with Crippen LogP contribution < -0.4 is 0 Å². The van der Waals surface area contributed by atoms with Gasteiger partial charge in [0.25, 0.3) is 0 Å². The lowest BCUT2D eigenvalue weighted by molar-refractivity contribution is 1.07. The summed E-state index contributed by atoms with van der Waals surface area (Å²) in [5.41, 5.74) is 19.5. The van der Waals surface area contributed by atoms with Crippen molar-refractivity contribution in [1.29, 1.82) is 0 Å². The van der Waals surface area contributed by atoms with Crippen molar-refractivity contribution in [2.24, 2.45) is 0 Å². The van der Waals surface area contributed by atoms with Crippen LogP contribution in [0.25, 0.3) is 200 Å². The Morgan fingerprint density at radius 3 is 0.787 bits per heavy atom. The fraction of sp³-hybridized carbons (Fsp3) is 0. The topological polar surface area (TPSA) is 77.3 Å². The van der Waals surface area contributed by atoms with Crippen molar-refractivity contribution in [1.82, 2.24) is 29.9 Å². The minimum Gasteiger partial charge on any atom is -0.208 e. The zero-order chi connectivity index (χ0) is 71.7. The highest BCUT2D eigenvalue weighted by Gasteiger charge is 2.21. The number of fused-ring (bicyclic) bond motifs is 6. The van der Waals surface area contributed by atoms with Crippen LogP contribution in [0.2, 0.25) is 0 Å². The molecule has 0 atom stereocenters. The van der Waals surface area contributed by atoms with Crippen molar-refractivity contribution in [3.63, 3.8) is 0 Å². The molecule has 0 saturated heterocycles. The van der Waals surface area contributed by atoms with Gasteiger partial charge in [-0.15, -0.1) is 0 Å². The summed E-state index contributed by atoms with van der Waals surface area (Å²) in [6.45, 7) is 0. The Balaban J connectivity index is 0.000000147. The maximum absolute atomic E-state index is 5.26. The number of hydrogen-bond donors (Lipinski definition) is 0. The van der Waals surface area contributed by atoms with Crippen molar-refractivity contribution in [3.8, 4) is 135 Å². The fourth-order valence-corrected chi connectivity index (χ4v) is 15.1. The van der Waals surface area contributed by atoms with E-state index in [2.05, 4.69) is 364 Å². The van der Waals surface area contributed by atoms with Crippen molar-refractivity contribution >= 4 is 64.6 Å². The van der Waals surface area contributed by atoms with Gasteiger partial charge in [-0.05, 0) is 168 Å². The molecule has 0 amide bonds. The monoisotopic (exact) mass is 1370 g/mol. The second kappa shape index (κ2) is 28.3. The van der Waals surface area contributed by atoms with Gasteiger partial charge in [0.05, 0.1) is 0 Å². The molecule has 0 N–H and O–H groups in total. The molecule has 6 nitrogen and oxygen atoms in total. The van der Waals surface area contributed by atoms with E-state index in [1.165, 1.54) is 81.7 Å². The van der Waals surface area contributed by atoms with E-state index in [9.17, 15) is 0 Å². The molecule has 0 saturated carbocycles. The lowest BCUT2D eigenvalue weighted by atomic mass is 9.94. The predicted octanol–water partition coefficient (Wildman–Crippen LogP) is 26.7. The molecule has 18 aromatic carbocycles. The van der Waals surface area contributed by atoms with Gasteiger partial charge >= 0.3 is 0 Å². The molecule has 20 rings (SSSR count). The van der Waals surface area contributed by atoms with Gasteiger partial charge in [-0.3, -0.25) is 0 Å². The van der Waals surface area contributed by atoms with Gasteiger partial charge in [-0.2, -0.15) is 0 Å². The van der Waals surface area contributed by atoms with Crippen LogP contribution in [0.4, 0.5) is 0 Å². The quantitative estimate of drug-likeness (QED) is 0.121. The molecule has 0 radical (unpaired) electrons. The largest absolute Gasteiger partial charge is 0.208 e. The maximum Gasteiger partial charge on any atom is 0.164 e. The fourth-order valence-electron chi connectivity index (χ4n) is 15.1. The van der Waals surface area contributed by atoms with Gasteiger partial charge in [-0.1, -0.05) is 364 Å². The molecule has 2 aromatic heterocycles. The second-order valence-electron chi connectivity index (χ2n) is 27.3. The summed E-state index contributed by atoms with van der Waals surface area (Å²) in [4.78, 5) is 31.0. The average Bonchev–Trinajstić information content (AvgIpc) is 0.773. The highest BCUT2D eigenvalue weighted by atomic mass is 15.0. The van der Waals surface area contributed by atoms with E-state index in [1.807, 2.05) is 36.4 Å². The Labute approximate surface area is 626 Å². The zero-order valence-electron chi connectivity index (χ0n) is 58.8. The first-order valence-electron chi connectivity index (χ1n) is 36.5. The number of nitrogens with zero attached hydrogens (tertiary/aromatic N) is 6. The predicted molar refractivity (Wildman–Crippen MR) is 450 cm³/mol. The third-order valence-electron chi connectivity index (χ3n) is 20.6. The third kappa shape index (κ3) is 12.8. The molecule has 504 valence electrons. The number of rotatable bonds is 12. The van der Waals surface area contributed by atoms with E-state index in [-0.39, 0.29) is 0 Å². The number of aromatic nitrogens is 6. The molecule has 2 heterocycles. The van der Waals surface area contributed by atoms with Gasteiger partial charge in [0.2, 0.25) is 0 Å². The van der Waals surface area contributed by atoms with Gasteiger partial charge in [0.1, 0.15) is 0 Å². The highest BCUT2D eigenvalue weighted by molar-refractivity contribution is 6.00. The molecular weight excluding hydrogens is 1310 g/mol. The van der Waals surface area contributed by atoms with Gasteiger partial charge in [-0.25, -0.2) is 29.9 Å². The molecule has 20 aromatic rings. The summed E-state index contributed by atoms with van der Waals surface area (Å²) in [5.74, 6) is 3.83. The highest BCUT2D eigenvalue weighted by Crippen LogP contribution is 2.41. The summed E-state index contributed by atoms with van der Waals surface area (Å²) < 4.78 is 0. The van der Waals surface area contributed by atoms with E-state index in [4.69, 9.17) is 29.9 Å². The molecule has 6 heteroatoms. The van der Waals surface area contributed by atoms with Crippen LogP contribution in [0.1, 0.15) is 0 Å². The normalized spacial score (nSPS) is 11.3. The Bertz CT molecular complexity index is 6800. The van der Waals surface area contributed by atoms with Crippen LogP contribution in [-0.4, -0.2) is 29.9 Å². The summed E-state index contributed by atoms with van der Waals surface area (Å²) in [6.07, 6.45) is 0. The number of benzene rings is 18. The third-order valence-corrected chi connectivity index (χ3v) is 20.6. The van der Waals surface area contributed by atoms with Crippen LogP contribution in [0, 0.1) is 0 Å². The van der Waals surface area contributed by atoms with Gasteiger partial charge < -0.3 is 0 Å².